The van der Waals surface area contributed by atoms with E-state index in [0.717, 1.165) is 17.0 Å². The minimum Gasteiger partial charge on any atom is -0.487 e. The van der Waals surface area contributed by atoms with Gasteiger partial charge in [0.1, 0.15) is 24.1 Å². The minimum atomic E-state index is -3.86. The van der Waals surface area contributed by atoms with Crippen LogP contribution in [0, 0.1) is 5.92 Å². The Morgan fingerprint density at radius 1 is 1.24 bits per heavy atom. The van der Waals surface area contributed by atoms with E-state index >= 15 is 0 Å². The second kappa shape index (κ2) is 9.83. The normalized spacial score (nSPS) is 12.7. The van der Waals surface area contributed by atoms with Gasteiger partial charge in [-0.1, -0.05) is 25.1 Å². The van der Waals surface area contributed by atoms with Crippen molar-refractivity contribution in [2.24, 2.45) is 11.1 Å². The Labute approximate surface area is 200 Å². The molecule has 1 unspecified atom stereocenters. The van der Waals surface area contributed by atoms with E-state index in [2.05, 4.69) is 25.6 Å². The largest absolute Gasteiger partial charge is 0.487 e. The van der Waals surface area contributed by atoms with Crippen molar-refractivity contribution < 1.29 is 17.9 Å². The zero-order valence-electron chi connectivity index (χ0n) is 18.5. The number of thiazole rings is 1. The summed E-state index contributed by atoms with van der Waals surface area (Å²) in [5, 5.41) is 16.3. The van der Waals surface area contributed by atoms with Crippen LogP contribution in [-0.2, 0) is 28.0 Å². The number of sulfonamides is 1. The fourth-order valence-electron chi connectivity index (χ4n) is 3.28. The van der Waals surface area contributed by atoms with Crippen LogP contribution in [0.5, 0.6) is 5.75 Å². The molecule has 178 valence electrons. The van der Waals surface area contributed by atoms with Crippen molar-refractivity contribution in [3.05, 3.63) is 60.2 Å². The van der Waals surface area contributed by atoms with E-state index in [-0.39, 0.29) is 22.8 Å². The number of nitrogens with two attached hydrogens (primary N) is 1. The number of nitrogens with zero attached hydrogens (tertiary/aromatic N) is 5. The first-order valence-electron chi connectivity index (χ1n) is 10.4. The molecule has 1 amide bonds. The number of pyridine rings is 1. The summed E-state index contributed by atoms with van der Waals surface area (Å²) in [5.74, 6) is 0.306. The van der Waals surface area contributed by atoms with Crippen LogP contribution in [0.2, 0.25) is 0 Å². The van der Waals surface area contributed by atoms with Gasteiger partial charge in [0.05, 0.1) is 28.7 Å². The lowest BCUT2D eigenvalue weighted by molar-refractivity contribution is -0.126. The number of carbonyl (C=O) groups excluding carboxylic acids is 1. The number of fused-ring (bicyclic) bond motifs is 1. The Hall–Kier alpha value is -3.42. The number of amides is 1. The van der Waals surface area contributed by atoms with Crippen molar-refractivity contribution in [2.75, 3.05) is 0 Å². The van der Waals surface area contributed by atoms with Gasteiger partial charge in [-0.05, 0) is 36.2 Å². The highest BCUT2D eigenvalue weighted by atomic mass is 32.2. The molecule has 0 fully saturated rings. The fourth-order valence-corrected chi connectivity index (χ4v) is 4.97. The molecule has 13 heteroatoms. The molecule has 0 spiro atoms. The maximum atomic E-state index is 12.8. The van der Waals surface area contributed by atoms with Crippen LogP contribution < -0.4 is 15.2 Å². The van der Waals surface area contributed by atoms with Gasteiger partial charge in [-0.15, -0.1) is 16.4 Å². The van der Waals surface area contributed by atoms with Crippen LogP contribution in [0.15, 0.2) is 53.1 Å². The first-order valence-corrected chi connectivity index (χ1v) is 12.7. The zero-order chi connectivity index (χ0) is 24.3. The molecule has 3 N–H and O–H groups in total. The standard InChI is InChI=1S/C21H23N7O4S2/c1-13(2)19(20(29)24-10-14-5-3-4-8-23-14)28-11-15(26-27-28)12-32-16-6-7-17-18(9-16)33-21(25-17)34(22,30)31/h3-9,11,13,19H,10,12H2,1-2H3,(H,24,29)(H2,22,30,31). The molecule has 0 aliphatic carbocycles. The molecule has 11 nitrogen and oxygen atoms in total. The highest BCUT2D eigenvalue weighted by Crippen LogP contribution is 2.28. The van der Waals surface area contributed by atoms with Gasteiger partial charge in [0.25, 0.3) is 10.0 Å². The number of hydrogen-bond donors (Lipinski definition) is 2. The van der Waals surface area contributed by atoms with E-state index in [1.54, 1.807) is 30.6 Å². The maximum Gasteiger partial charge on any atom is 0.265 e. The van der Waals surface area contributed by atoms with Crippen LogP contribution in [0.1, 0.15) is 31.3 Å². The Morgan fingerprint density at radius 2 is 2.06 bits per heavy atom. The molecule has 0 radical (unpaired) electrons. The van der Waals surface area contributed by atoms with Gasteiger partial charge in [0.15, 0.2) is 0 Å². The number of ether oxygens (including phenoxy) is 1. The van der Waals surface area contributed by atoms with Crippen molar-refractivity contribution >= 4 is 37.5 Å². The molecule has 0 aliphatic rings. The Kier molecular flexibility index (Phi) is 6.86. The van der Waals surface area contributed by atoms with Crippen LogP contribution in [-0.4, -0.2) is 39.3 Å². The van der Waals surface area contributed by atoms with Crippen molar-refractivity contribution in [1.29, 1.82) is 0 Å². The summed E-state index contributed by atoms with van der Waals surface area (Å²) >= 11 is 0.972. The third-order valence-electron chi connectivity index (χ3n) is 4.88. The second-order valence-electron chi connectivity index (χ2n) is 7.86. The van der Waals surface area contributed by atoms with Gasteiger partial charge in [-0.25, -0.2) is 23.2 Å². The van der Waals surface area contributed by atoms with Crippen LogP contribution >= 0.6 is 11.3 Å². The summed E-state index contributed by atoms with van der Waals surface area (Å²) in [7, 11) is -3.86. The first-order chi connectivity index (χ1) is 16.2. The lowest BCUT2D eigenvalue weighted by Gasteiger charge is -2.20. The number of aromatic nitrogens is 5. The average molecular weight is 502 g/mol. The molecule has 0 aliphatic heterocycles. The highest BCUT2D eigenvalue weighted by molar-refractivity contribution is 7.91. The van der Waals surface area contributed by atoms with E-state index in [9.17, 15) is 13.2 Å². The molecule has 34 heavy (non-hydrogen) atoms. The number of primary sulfonamides is 1. The molecular formula is C21H23N7O4S2. The molecule has 4 rings (SSSR count). The van der Waals surface area contributed by atoms with Crippen LogP contribution in [0.25, 0.3) is 10.2 Å². The summed E-state index contributed by atoms with van der Waals surface area (Å²) in [5.41, 5.74) is 1.82. The van der Waals surface area contributed by atoms with Crippen LogP contribution in [0.3, 0.4) is 0 Å². The molecule has 3 heterocycles. The SMILES string of the molecule is CC(C)C(C(=O)NCc1ccccn1)n1cc(COc2ccc3nc(S(N)(=O)=O)sc3c2)nn1. The molecule has 0 saturated heterocycles. The van der Waals surface area contributed by atoms with Gasteiger partial charge >= 0.3 is 0 Å². The molecule has 1 aromatic carbocycles. The predicted molar refractivity (Wildman–Crippen MR) is 125 cm³/mol. The Morgan fingerprint density at radius 3 is 2.76 bits per heavy atom. The van der Waals surface area contributed by atoms with Crippen molar-refractivity contribution in [3.8, 4) is 5.75 Å². The van der Waals surface area contributed by atoms with Crippen LogP contribution in [0.4, 0.5) is 0 Å². The number of rotatable bonds is 9. The van der Waals surface area contributed by atoms with Gasteiger partial charge in [0.2, 0.25) is 10.2 Å². The van der Waals surface area contributed by atoms with Crippen molar-refractivity contribution in [2.45, 2.75) is 37.4 Å². The van der Waals surface area contributed by atoms with Gasteiger partial charge in [0, 0.05) is 6.20 Å². The summed E-state index contributed by atoms with van der Waals surface area (Å²) in [6, 6.07) is 10.0. The van der Waals surface area contributed by atoms with Crippen molar-refractivity contribution in [3.63, 3.8) is 0 Å². The number of carbonyl (C=O) groups is 1. The minimum absolute atomic E-state index is 0.0269. The predicted octanol–water partition coefficient (Wildman–Crippen LogP) is 2.02. The lowest BCUT2D eigenvalue weighted by Crippen LogP contribution is -2.35. The van der Waals surface area contributed by atoms with Gasteiger partial charge in [-0.2, -0.15) is 0 Å². The number of hydrogen-bond acceptors (Lipinski definition) is 9. The molecule has 3 aromatic heterocycles. The quantitative estimate of drug-likeness (QED) is 0.353. The summed E-state index contributed by atoms with van der Waals surface area (Å²) in [6.45, 7) is 4.30. The van der Waals surface area contributed by atoms with Crippen molar-refractivity contribution in [1.82, 2.24) is 30.3 Å². The van der Waals surface area contributed by atoms with E-state index in [1.807, 2.05) is 32.0 Å². The molecule has 1 atom stereocenters. The van der Waals surface area contributed by atoms with Gasteiger partial charge in [-0.3, -0.25) is 9.78 Å². The summed E-state index contributed by atoms with van der Waals surface area (Å²) < 4.78 is 30.8. The zero-order valence-corrected chi connectivity index (χ0v) is 20.1. The first kappa shape index (κ1) is 23.7. The average Bonchev–Trinajstić information content (AvgIpc) is 3.43. The monoisotopic (exact) mass is 501 g/mol. The fraction of sp³-hybridized carbons (Fsp3) is 0.286. The number of nitrogens with one attached hydrogen (secondary N) is 1. The highest BCUT2D eigenvalue weighted by Gasteiger charge is 2.25. The smallest absolute Gasteiger partial charge is 0.265 e. The Balaban J connectivity index is 1.41. The van der Waals surface area contributed by atoms with Gasteiger partial charge < -0.3 is 10.1 Å². The molecule has 0 bridgehead atoms. The van der Waals surface area contributed by atoms with E-state index in [1.165, 1.54) is 4.68 Å². The molecule has 4 aromatic rings. The molecular weight excluding hydrogens is 478 g/mol. The summed E-state index contributed by atoms with van der Waals surface area (Å²) in [6.07, 6.45) is 3.35. The summed E-state index contributed by atoms with van der Waals surface area (Å²) in [4.78, 5) is 21.1. The lowest BCUT2D eigenvalue weighted by atomic mass is 10.0. The Bertz CT molecular complexity index is 1400. The molecule has 0 saturated carbocycles. The number of benzene rings is 1. The third kappa shape index (κ3) is 5.55. The van der Waals surface area contributed by atoms with E-state index in [0.29, 0.717) is 28.2 Å². The third-order valence-corrected chi connectivity index (χ3v) is 7.22. The second-order valence-corrected chi connectivity index (χ2v) is 10.6. The maximum absolute atomic E-state index is 12.8. The topological polar surface area (TPSA) is 155 Å². The van der Waals surface area contributed by atoms with E-state index < -0.39 is 16.1 Å². The van der Waals surface area contributed by atoms with E-state index in [4.69, 9.17) is 9.88 Å².